The SMILES string of the molecule is C[C@H](C(=O)NC[C@H]1CCCO1)N(C)[C@@H](C)c1ccccc1. The number of benzene rings is 1. The molecule has 3 atom stereocenters. The van der Waals surface area contributed by atoms with Crippen molar-refractivity contribution < 1.29 is 9.53 Å². The van der Waals surface area contributed by atoms with Crippen molar-refractivity contribution in [3.8, 4) is 0 Å². The Bertz CT molecular complexity index is 443. The predicted molar refractivity (Wildman–Crippen MR) is 84.1 cm³/mol. The van der Waals surface area contributed by atoms with Gasteiger partial charge in [-0.05, 0) is 39.3 Å². The molecular formula is C17H26N2O2. The first-order valence-electron chi connectivity index (χ1n) is 7.75. The summed E-state index contributed by atoms with van der Waals surface area (Å²) in [6.07, 6.45) is 2.34. The molecule has 0 aromatic heterocycles. The Morgan fingerprint density at radius 3 is 2.71 bits per heavy atom. The van der Waals surface area contributed by atoms with Gasteiger partial charge >= 0.3 is 0 Å². The van der Waals surface area contributed by atoms with Crippen molar-refractivity contribution in [1.82, 2.24) is 10.2 Å². The maximum absolute atomic E-state index is 12.3. The smallest absolute Gasteiger partial charge is 0.237 e. The van der Waals surface area contributed by atoms with Crippen molar-refractivity contribution in [3.05, 3.63) is 35.9 Å². The van der Waals surface area contributed by atoms with Crippen molar-refractivity contribution in [3.63, 3.8) is 0 Å². The molecule has 4 nitrogen and oxygen atoms in total. The fourth-order valence-corrected chi connectivity index (χ4v) is 2.65. The second-order valence-corrected chi connectivity index (χ2v) is 5.81. The van der Waals surface area contributed by atoms with Crippen LogP contribution in [0.4, 0.5) is 0 Å². The third-order valence-electron chi connectivity index (χ3n) is 4.41. The molecule has 0 spiro atoms. The van der Waals surface area contributed by atoms with Crippen LogP contribution in [0.5, 0.6) is 0 Å². The van der Waals surface area contributed by atoms with Crippen LogP contribution in [0.15, 0.2) is 30.3 Å². The lowest BCUT2D eigenvalue weighted by Gasteiger charge is -2.30. The molecule has 1 aromatic rings. The molecule has 2 rings (SSSR count). The molecule has 21 heavy (non-hydrogen) atoms. The van der Waals surface area contributed by atoms with Crippen LogP contribution in [0.2, 0.25) is 0 Å². The summed E-state index contributed by atoms with van der Waals surface area (Å²) in [5.41, 5.74) is 1.22. The topological polar surface area (TPSA) is 41.6 Å². The Morgan fingerprint density at radius 2 is 2.10 bits per heavy atom. The van der Waals surface area contributed by atoms with Gasteiger partial charge in [-0.1, -0.05) is 30.3 Å². The monoisotopic (exact) mass is 290 g/mol. The minimum absolute atomic E-state index is 0.0655. The summed E-state index contributed by atoms with van der Waals surface area (Å²) < 4.78 is 5.53. The Hall–Kier alpha value is -1.39. The number of ether oxygens (including phenoxy) is 1. The fourth-order valence-electron chi connectivity index (χ4n) is 2.65. The van der Waals surface area contributed by atoms with Crippen molar-refractivity contribution >= 4 is 5.91 Å². The van der Waals surface area contributed by atoms with Gasteiger partial charge in [-0.3, -0.25) is 9.69 Å². The molecule has 0 unspecified atom stereocenters. The highest BCUT2D eigenvalue weighted by atomic mass is 16.5. The molecule has 116 valence electrons. The minimum Gasteiger partial charge on any atom is -0.376 e. The van der Waals surface area contributed by atoms with Crippen molar-refractivity contribution in [1.29, 1.82) is 0 Å². The third-order valence-corrected chi connectivity index (χ3v) is 4.41. The summed E-state index contributed by atoms with van der Waals surface area (Å²) in [5.74, 6) is 0.0655. The summed E-state index contributed by atoms with van der Waals surface area (Å²) in [6.45, 7) is 5.52. The lowest BCUT2D eigenvalue weighted by Crippen LogP contribution is -2.46. The first kappa shape index (κ1) is 16.0. The van der Waals surface area contributed by atoms with Crippen molar-refractivity contribution in [2.24, 2.45) is 0 Å². The highest BCUT2D eigenvalue weighted by molar-refractivity contribution is 5.81. The van der Waals surface area contributed by atoms with E-state index in [1.165, 1.54) is 5.56 Å². The van der Waals surface area contributed by atoms with Gasteiger partial charge in [0.15, 0.2) is 0 Å². The number of carbonyl (C=O) groups is 1. The molecule has 1 saturated heterocycles. The average Bonchev–Trinajstić information content (AvgIpc) is 3.04. The molecule has 1 aliphatic rings. The van der Waals surface area contributed by atoms with E-state index in [0.717, 1.165) is 19.4 Å². The minimum atomic E-state index is -0.165. The molecule has 1 N–H and O–H groups in total. The number of hydrogen-bond donors (Lipinski definition) is 1. The van der Waals surface area contributed by atoms with Crippen molar-refractivity contribution in [2.45, 2.75) is 44.9 Å². The Morgan fingerprint density at radius 1 is 1.38 bits per heavy atom. The van der Waals surface area contributed by atoms with Gasteiger partial charge in [0.2, 0.25) is 5.91 Å². The largest absolute Gasteiger partial charge is 0.376 e. The van der Waals surface area contributed by atoms with E-state index in [2.05, 4.69) is 29.3 Å². The van der Waals surface area contributed by atoms with E-state index in [0.29, 0.717) is 6.54 Å². The molecule has 0 radical (unpaired) electrons. The molecule has 0 aliphatic carbocycles. The van der Waals surface area contributed by atoms with Gasteiger partial charge in [-0.15, -0.1) is 0 Å². The summed E-state index contributed by atoms with van der Waals surface area (Å²) in [5, 5.41) is 3.01. The van der Waals surface area contributed by atoms with Gasteiger partial charge in [0.1, 0.15) is 0 Å². The van der Waals surface area contributed by atoms with Crippen molar-refractivity contribution in [2.75, 3.05) is 20.2 Å². The number of likely N-dealkylation sites (N-methyl/N-ethyl adjacent to an activating group) is 1. The summed E-state index contributed by atoms with van der Waals surface area (Å²) in [7, 11) is 1.99. The maximum Gasteiger partial charge on any atom is 0.237 e. The number of rotatable bonds is 6. The second kappa shape index (κ2) is 7.57. The van der Waals surface area contributed by atoms with Crippen LogP contribution in [0.25, 0.3) is 0 Å². The molecule has 1 aromatic carbocycles. The van der Waals surface area contributed by atoms with E-state index in [9.17, 15) is 4.79 Å². The molecule has 0 bridgehead atoms. The number of nitrogens with one attached hydrogen (secondary N) is 1. The van der Waals surface area contributed by atoms with E-state index in [1.54, 1.807) is 0 Å². The first-order valence-corrected chi connectivity index (χ1v) is 7.75. The molecule has 1 heterocycles. The Balaban J connectivity index is 1.85. The normalized spacial score (nSPS) is 21.2. The average molecular weight is 290 g/mol. The Kier molecular flexibility index (Phi) is 5.76. The van der Waals surface area contributed by atoms with E-state index in [-0.39, 0.29) is 24.1 Å². The van der Waals surface area contributed by atoms with Gasteiger partial charge in [0.05, 0.1) is 12.1 Å². The molecule has 1 amide bonds. The fraction of sp³-hybridized carbons (Fsp3) is 0.588. The zero-order valence-corrected chi connectivity index (χ0v) is 13.2. The number of carbonyl (C=O) groups excluding carboxylic acids is 1. The zero-order chi connectivity index (χ0) is 15.2. The molecular weight excluding hydrogens is 264 g/mol. The van der Waals surface area contributed by atoms with Crippen LogP contribution in [0, 0.1) is 0 Å². The maximum atomic E-state index is 12.3. The van der Waals surface area contributed by atoms with Crippen LogP contribution >= 0.6 is 0 Å². The quantitative estimate of drug-likeness (QED) is 0.874. The first-order chi connectivity index (χ1) is 10.1. The molecule has 0 saturated carbocycles. The Labute approximate surface area is 127 Å². The van der Waals surface area contributed by atoms with Gasteiger partial charge in [-0.25, -0.2) is 0 Å². The van der Waals surface area contributed by atoms with Crippen LogP contribution in [0.3, 0.4) is 0 Å². The number of hydrogen-bond acceptors (Lipinski definition) is 3. The van der Waals surface area contributed by atoms with E-state index < -0.39 is 0 Å². The van der Waals surface area contributed by atoms with Gasteiger partial charge in [-0.2, -0.15) is 0 Å². The van der Waals surface area contributed by atoms with Gasteiger partial charge in [0, 0.05) is 19.2 Å². The van der Waals surface area contributed by atoms with Gasteiger partial charge in [0.25, 0.3) is 0 Å². The zero-order valence-electron chi connectivity index (χ0n) is 13.2. The lowest BCUT2D eigenvalue weighted by molar-refractivity contribution is -0.126. The van der Waals surface area contributed by atoms with E-state index in [1.807, 2.05) is 32.2 Å². The lowest BCUT2D eigenvalue weighted by atomic mass is 10.1. The summed E-state index contributed by atoms with van der Waals surface area (Å²) >= 11 is 0. The molecule has 1 aliphatic heterocycles. The number of amides is 1. The molecule has 1 fully saturated rings. The highest BCUT2D eigenvalue weighted by Gasteiger charge is 2.24. The van der Waals surface area contributed by atoms with E-state index in [4.69, 9.17) is 4.74 Å². The predicted octanol–water partition coefficient (Wildman–Crippen LogP) is 2.36. The number of nitrogens with zero attached hydrogens (tertiary/aromatic N) is 1. The highest BCUT2D eigenvalue weighted by Crippen LogP contribution is 2.20. The van der Waals surface area contributed by atoms with Crippen LogP contribution in [-0.4, -0.2) is 43.2 Å². The third kappa shape index (κ3) is 4.29. The summed E-state index contributed by atoms with van der Waals surface area (Å²) in [6, 6.07) is 10.3. The van der Waals surface area contributed by atoms with E-state index >= 15 is 0 Å². The second-order valence-electron chi connectivity index (χ2n) is 5.81. The van der Waals surface area contributed by atoms with Crippen LogP contribution in [-0.2, 0) is 9.53 Å². The van der Waals surface area contributed by atoms with Crippen LogP contribution in [0.1, 0.15) is 38.3 Å². The standard InChI is InChI=1S/C17H26N2O2/c1-13(15-8-5-4-6-9-15)19(3)14(2)17(20)18-12-16-10-7-11-21-16/h4-6,8-9,13-14,16H,7,10-12H2,1-3H3,(H,18,20)/t13-,14+,16+/m0/s1. The summed E-state index contributed by atoms with van der Waals surface area (Å²) in [4.78, 5) is 14.4. The van der Waals surface area contributed by atoms with Gasteiger partial charge < -0.3 is 10.1 Å². The van der Waals surface area contributed by atoms with Crippen LogP contribution < -0.4 is 5.32 Å². The molecule has 4 heteroatoms.